The van der Waals surface area contributed by atoms with E-state index < -0.39 is 0 Å². The van der Waals surface area contributed by atoms with Crippen LogP contribution in [0.25, 0.3) is 5.65 Å². The molecule has 0 atom stereocenters. The number of pyridine rings is 1. The number of para-hydroxylation sites is 2. The fourth-order valence-corrected chi connectivity index (χ4v) is 2.44. The number of ether oxygens (including phenoxy) is 2. The summed E-state index contributed by atoms with van der Waals surface area (Å²) in [5.74, 6) is 0.860. The van der Waals surface area contributed by atoms with Gasteiger partial charge in [-0.05, 0) is 24.3 Å². The molecule has 3 aromatic rings. The first kappa shape index (κ1) is 16.1. The summed E-state index contributed by atoms with van der Waals surface area (Å²) >= 11 is 6.08. The molecule has 0 saturated heterocycles. The van der Waals surface area contributed by atoms with Gasteiger partial charge in [0.25, 0.3) is 5.91 Å². The van der Waals surface area contributed by atoms with E-state index in [1.165, 1.54) is 0 Å². The third-order valence-electron chi connectivity index (χ3n) is 3.39. The van der Waals surface area contributed by atoms with Crippen LogP contribution in [-0.2, 0) is 11.3 Å². The summed E-state index contributed by atoms with van der Waals surface area (Å²) in [6.07, 6.45) is 1.79. The van der Waals surface area contributed by atoms with E-state index in [9.17, 15) is 4.79 Å². The number of hydrogen-bond acceptors (Lipinski definition) is 4. The number of amides is 1. The van der Waals surface area contributed by atoms with Crippen molar-refractivity contribution in [1.82, 2.24) is 14.7 Å². The maximum atomic E-state index is 11.9. The molecule has 1 aromatic carbocycles. The van der Waals surface area contributed by atoms with Crippen molar-refractivity contribution in [2.24, 2.45) is 0 Å². The van der Waals surface area contributed by atoms with Crippen molar-refractivity contribution in [3.63, 3.8) is 0 Å². The second-order valence-electron chi connectivity index (χ2n) is 5.03. The van der Waals surface area contributed by atoms with Crippen LogP contribution in [0.4, 0.5) is 0 Å². The fourth-order valence-electron chi connectivity index (χ4n) is 2.23. The summed E-state index contributed by atoms with van der Waals surface area (Å²) in [4.78, 5) is 16.3. The second kappa shape index (κ2) is 7.23. The molecule has 0 aliphatic heterocycles. The monoisotopic (exact) mass is 345 g/mol. The van der Waals surface area contributed by atoms with Crippen LogP contribution >= 0.6 is 11.6 Å². The maximum absolute atomic E-state index is 11.9. The molecule has 0 radical (unpaired) electrons. The van der Waals surface area contributed by atoms with Crippen LogP contribution in [-0.4, -0.2) is 29.0 Å². The van der Waals surface area contributed by atoms with E-state index >= 15 is 0 Å². The van der Waals surface area contributed by atoms with Crippen molar-refractivity contribution in [3.05, 3.63) is 59.5 Å². The highest BCUT2D eigenvalue weighted by atomic mass is 35.5. The molecule has 1 N–H and O–H groups in total. The highest BCUT2D eigenvalue weighted by Crippen LogP contribution is 2.25. The smallest absolute Gasteiger partial charge is 0.258 e. The van der Waals surface area contributed by atoms with Gasteiger partial charge in [0.05, 0.1) is 19.3 Å². The molecule has 0 aliphatic rings. The van der Waals surface area contributed by atoms with Crippen LogP contribution in [0.3, 0.4) is 0 Å². The summed E-state index contributed by atoms with van der Waals surface area (Å²) < 4.78 is 12.4. The zero-order chi connectivity index (χ0) is 16.9. The van der Waals surface area contributed by atoms with Gasteiger partial charge in [0.1, 0.15) is 10.8 Å². The molecule has 2 heterocycles. The summed E-state index contributed by atoms with van der Waals surface area (Å²) in [6.45, 7) is 0.195. The quantitative estimate of drug-likeness (QED) is 0.698. The van der Waals surface area contributed by atoms with Gasteiger partial charge in [-0.25, -0.2) is 4.98 Å². The van der Waals surface area contributed by atoms with Crippen LogP contribution < -0.4 is 14.8 Å². The Kier molecular flexibility index (Phi) is 4.86. The molecule has 0 aliphatic carbocycles. The molecule has 1 amide bonds. The third kappa shape index (κ3) is 3.60. The van der Waals surface area contributed by atoms with Gasteiger partial charge in [0.15, 0.2) is 18.1 Å². The van der Waals surface area contributed by atoms with E-state index in [1.54, 1.807) is 35.9 Å². The topological polar surface area (TPSA) is 64.9 Å². The van der Waals surface area contributed by atoms with Crippen LogP contribution in [0.15, 0.2) is 48.7 Å². The van der Waals surface area contributed by atoms with Gasteiger partial charge >= 0.3 is 0 Å². The normalized spacial score (nSPS) is 10.6. The molecule has 24 heavy (non-hydrogen) atoms. The molecule has 0 fully saturated rings. The molecular formula is C17H16ClN3O3. The highest BCUT2D eigenvalue weighted by Gasteiger charge is 2.08. The summed E-state index contributed by atoms with van der Waals surface area (Å²) in [6, 6.07) is 12.6. The standard InChI is InChI=1S/C17H16ClN3O3/c1-23-13-5-2-3-6-14(13)24-11-17(22)19-9-12-10-21-15(18)7-4-8-16(21)20-12/h2-8,10H,9,11H2,1H3,(H,19,22). The Hall–Kier alpha value is -2.73. The first-order chi connectivity index (χ1) is 11.7. The lowest BCUT2D eigenvalue weighted by Gasteiger charge is -2.10. The number of nitrogens with zero attached hydrogens (tertiary/aromatic N) is 2. The van der Waals surface area contributed by atoms with Crippen molar-refractivity contribution in [2.75, 3.05) is 13.7 Å². The van der Waals surface area contributed by atoms with Gasteiger partial charge in [-0.2, -0.15) is 0 Å². The average Bonchev–Trinajstić information content (AvgIpc) is 3.03. The lowest BCUT2D eigenvalue weighted by molar-refractivity contribution is -0.123. The van der Waals surface area contributed by atoms with E-state index in [0.29, 0.717) is 28.9 Å². The molecular weight excluding hydrogens is 330 g/mol. The minimum absolute atomic E-state index is 0.103. The van der Waals surface area contributed by atoms with E-state index in [0.717, 1.165) is 5.65 Å². The predicted octanol–water partition coefficient (Wildman–Crippen LogP) is 2.69. The lowest BCUT2D eigenvalue weighted by atomic mass is 10.3. The molecule has 0 unspecified atom stereocenters. The van der Waals surface area contributed by atoms with Gasteiger partial charge in [-0.1, -0.05) is 29.8 Å². The molecule has 2 aromatic heterocycles. The number of hydrogen-bond donors (Lipinski definition) is 1. The van der Waals surface area contributed by atoms with Crippen LogP contribution in [0.2, 0.25) is 5.15 Å². The van der Waals surface area contributed by atoms with Crippen LogP contribution in [0.5, 0.6) is 11.5 Å². The Labute approximate surface area is 144 Å². The summed E-state index contributed by atoms with van der Waals surface area (Å²) in [5.41, 5.74) is 1.45. The molecule has 124 valence electrons. The zero-order valence-electron chi connectivity index (χ0n) is 13.0. The SMILES string of the molecule is COc1ccccc1OCC(=O)NCc1cn2c(Cl)cccc2n1. The number of imidazole rings is 1. The van der Waals surface area contributed by atoms with E-state index in [1.807, 2.05) is 24.3 Å². The first-order valence-electron chi connectivity index (χ1n) is 7.32. The molecule has 3 rings (SSSR count). The van der Waals surface area contributed by atoms with Gasteiger partial charge in [0, 0.05) is 6.20 Å². The zero-order valence-corrected chi connectivity index (χ0v) is 13.8. The maximum Gasteiger partial charge on any atom is 0.258 e. The van der Waals surface area contributed by atoms with Crippen LogP contribution in [0, 0.1) is 0 Å². The minimum atomic E-state index is -0.246. The number of rotatable bonds is 6. The van der Waals surface area contributed by atoms with E-state index in [2.05, 4.69) is 10.3 Å². The number of halogens is 1. The summed E-state index contributed by atoms with van der Waals surface area (Å²) in [5, 5.41) is 3.33. The van der Waals surface area contributed by atoms with Gasteiger partial charge in [-0.3, -0.25) is 9.20 Å². The molecule has 6 nitrogen and oxygen atoms in total. The summed E-state index contributed by atoms with van der Waals surface area (Å²) in [7, 11) is 1.55. The second-order valence-corrected chi connectivity index (χ2v) is 5.41. The Morgan fingerprint density at radius 3 is 2.75 bits per heavy atom. The number of fused-ring (bicyclic) bond motifs is 1. The Morgan fingerprint density at radius 1 is 1.21 bits per heavy atom. The number of methoxy groups -OCH3 is 1. The lowest BCUT2D eigenvalue weighted by Crippen LogP contribution is -2.28. The average molecular weight is 346 g/mol. The highest BCUT2D eigenvalue weighted by molar-refractivity contribution is 6.29. The van der Waals surface area contributed by atoms with Gasteiger partial charge < -0.3 is 14.8 Å². The Balaban J connectivity index is 1.56. The van der Waals surface area contributed by atoms with Crippen molar-refractivity contribution in [3.8, 4) is 11.5 Å². The molecule has 0 spiro atoms. The predicted molar refractivity (Wildman–Crippen MR) is 90.5 cm³/mol. The van der Waals surface area contributed by atoms with Crippen molar-refractivity contribution in [1.29, 1.82) is 0 Å². The van der Waals surface area contributed by atoms with Crippen molar-refractivity contribution in [2.45, 2.75) is 6.54 Å². The number of benzene rings is 1. The molecule has 0 bridgehead atoms. The van der Waals surface area contributed by atoms with Crippen molar-refractivity contribution >= 4 is 23.2 Å². The number of carbonyl (C=O) groups is 1. The Morgan fingerprint density at radius 2 is 2.00 bits per heavy atom. The van der Waals surface area contributed by atoms with Crippen molar-refractivity contribution < 1.29 is 14.3 Å². The Bertz CT molecular complexity index is 863. The van der Waals surface area contributed by atoms with E-state index in [4.69, 9.17) is 21.1 Å². The third-order valence-corrected chi connectivity index (χ3v) is 3.69. The first-order valence-corrected chi connectivity index (χ1v) is 7.70. The van der Waals surface area contributed by atoms with Gasteiger partial charge in [-0.15, -0.1) is 0 Å². The van der Waals surface area contributed by atoms with Gasteiger partial charge in [0.2, 0.25) is 0 Å². The van der Waals surface area contributed by atoms with E-state index in [-0.39, 0.29) is 12.5 Å². The van der Waals surface area contributed by atoms with Crippen LogP contribution in [0.1, 0.15) is 5.69 Å². The number of carbonyl (C=O) groups excluding carboxylic acids is 1. The fraction of sp³-hybridized carbons (Fsp3) is 0.176. The molecule has 7 heteroatoms. The number of nitrogens with one attached hydrogen (secondary N) is 1. The number of aromatic nitrogens is 2. The largest absolute Gasteiger partial charge is 0.493 e. The molecule has 0 saturated carbocycles. The minimum Gasteiger partial charge on any atom is -0.493 e.